The highest BCUT2D eigenvalue weighted by atomic mass is 35.5. The van der Waals surface area contributed by atoms with Crippen LogP contribution in [0.15, 0.2) is 18.5 Å². The van der Waals surface area contributed by atoms with Crippen molar-refractivity contribution in [3.8, 4) is 0 Å². The van der Waals surface area contributed by atoms with Crippen LogP contribution in [0.25, 0.3) is 0 Å². The molecule has 2 rings (SSSR count). The van der Waals surface area contributed by atoms with Gasteiger partial charge in [0, 0.05) is 32.6 Å². The number of methoxy groups -OCH3 is 1. The van der Waals surface area contributed by atoms with E-state index in [1.165, 1.54) is 0 Å². The highest BCUT2D eigenvalue weighted by molar-refractivity contribution is 6.27. The summed E-state index contributed by atoms with van der Waals surface area (Å²) in [5, 5.41) is 4.18. The number of carbonyl (C=O) groups excluding carboxylic acids is 1. The average Bonchev–Trinajstić information content (AvgIpc) is 2.95. The summed E-state index contributed by atoms with van der Waals surface area (Å²) in [6.07, 6.45) is 3.58. The Hall–Kier alpha value is -1.07. The Balaban J connectivity index is 2.11. The molecule has 1 saturated heterocycles. The van der Waals surface area contributed by atoms with Crippen molar-refractivity contribution >= 4 is 17.5 Å². The van der Waals surface area contributed by atoms with E-state index in [-0.39, 0.29) is 23.9 Å². The van der Waals surface area contributed by atoms with Gasteiger partial charge in [0.25, 0.3) is 0 Å². The minimum absolute atomic E-state index is 0.0161. The molecule has 88 valence electrons. The second-order valence-electron chi connectivity index (χ2n) is 3.76. The first-order valence-electron chi connectivity index (χ1n) is 5.12. The third kappa shape index (κ3) is 2.05. The SMILES string of the molecule is CO[C@@H]1CN(C(=O)CCl)C[C@H]1n1cccn1. The molecule has 16 heavy (non-hydrogen) atoms. The fraction of sp³-hybridized carbons (Fsp3) is 0.600. The molecule has 1 aromatic heterocycles. The van der Waals surface area contributed by atoms with Gasteiger partial charge in [0.2, 0.25) is 5.91 Å². The first-order valence-corrected chi connectivity index (χ1v) is 5.65. The first kappa shape index (κ1) is 11.4. The van der Waals surface area contributed by atoms with Gasteiger partial charge in [0.1, 0.15) is 5.88 Å². The Morgan fingerprint density at radius 2 is 2.44 bits per heavy atom. The molecule has 0 radical (unpaired) electrons. The molecule has 5 nitrogen and oxygen atoms in total. The Morgan fingerprint density at radius 3 is 3.00 bits per heavy atom. The third-order valence-corrected chi connectivity index (χ3v) is 3.10. The van der Waals surface area contributed by atoms with Gasteiger partial charge in [-0.2, -0.15) is 5.10 Å². The van der Waals surface area contributed by atoms with Crippen LogP contribution in [0.4, 0.5) is 0 Å². The lowest BCUT2D eigenvalue weighted by Crippen LogP contribution is -2.30. The number of nitrogens with zero attached hydrogens (tertiary/aromatic N) is 3. The van der Waals surface area contributed by atoms with E-state index in [0.29, 0.717) is 13.1 Å². The zero-order valence-electron chi connectivity index (χ0n) is 9.04. The van der Waals surface area contributed by atoms with E-state index in [9.17, 15) is 4.79 Å². The molecule has 0 saturated carbocycles. The molecule has 6 heteroatoms. The van der Waals surface area contributed by atoms with Crippen molar-refractivity contribution in [2.75, 3.05) is 26.1 Å². The van der Waals surface area contributed by atoms with E-state index < -0.39 is 0 Å². The fourth-order valence-electron chi connectivity index (χ4n) is 2.01. The van der Waals surface area contributed by atoms with Crippen LogP contribution in [0.1, 0.15) is 6.04 Å². The van der Waals surface area contributed by atoms with Gasteiger partial charge in [-0.3, -0.25) is 9.48 Å². The maximum absolute atomic E-state index is 11.5. The van der Waals surface area contributed by atoms with Gasteiger partial charge in [0.15, 0.2) is 0 Å². The minimum atomic E-state index is -0.0571. The number of likely N-dealkylation sites (tertiary alicyclic amines) is 1. The smallest absolute Gasteiger partial charge is 0.237 e. The monoisotopic (exact) mass is 243 g/mol. The van der Waals surface area contributed by atoms with E-state index in [1.807, 2.05) is 16.9 Å². The summed E-state index contributed by atoms with van der Waals surface area (Å²) in [6, 6.07) is 1.94. The van der Waals surface area contributed by atoms with Gasteiger partial charge in [-0.25, -0.2) is 0 Å². The first-order chi connectivity index (χ1) is 7.76. The lowest BCUT2D eigenvalue weighted by molar-refractivity contribution is -0.127. The van der Waals surface area contributed by atoms with Crippen LogP contribution in [-0.4, -0.2) is 52.8 Å². The van der Waals surface area contributed by atoms with Crippen LogP contribution in [-0.2, 0) is 9.53 Å². The van der Waals surface area contributed by atoms with E-state index in [0.717, 1.165) is 0 Å². The van der Waals surface area contributed by atoms with E-state index in [4.69, 9.17) is 16.3 Å². The van der Waals surface area contributed by atoms with Crippen LogP contribution < -0.4 is 0 Å². The Morgan fingerprint density at radius 1 is 1.62 bits per heavy atom. The standard InChI is InChI=1S/C10H14ClN3O2/c1-16-9-7-13(10(15)5-11)6-8(9)14-4-2-3-12-14/h2-4,8-9H,5-7H2,1H3/t8-,9-/m1/s1. The number of carbonyl (C=O) groups is 1. The van der Waals surface area contributed by atoms with Crippen molar-refractivity contribution in [2.45, 2.75) is 12.1 Å². The molecule has 0 aromatic carbocycles. The molecule has 1 amide bonds. The van der Waals surface area contributed by atoms with E-state index >= 15 is 0 Å². The molecule has 0 aliphatic carbocycles. The molecule has 0 bridgehead atoms. The highest BCUT2D eigenvalue weighted by Gasteiger charge is 2.36. The van der Waals surface area contributed by atoms with Crippen LogP contribution >= 0.6 is 11.6 Å². The van der Waals surface area contributed by atoms with Crippen LogP contribution in [0, 0.1) is 0 Å². The van der Waals surface area contributed by atoms with Gasteiger partial charge in [-0.1, -0.05) is 0 Å². The zero-order chi connectivity index (χ0) is 11.5. The molecule has 0 N–H and O–H groups in total. The zero-order valence-corrected chi connectivity index (χ0v) is 9.80. The number of aromatic nitrogens is 2. The summed E-state index contributed by atoms with van der Waals surface area (Å²) in [4.78, 5) is 13.2. The second kappa shape index (κ2) is 4.84. The van der Waals surface area contributed by atoms with Gasteiger partial charge in [-0.15, -0.1) is 11.6 Å². The molecule has 0 spiro atoms. The topological polar surface area (TPSA) is 47.4 Å². The summed E-state index contributed by atoms with van der Waals surface area (Å²) in [6.45, 7) is 1.18. The molecule has 1 fully saturated rings. The molecule has 0 unspecified atom stereocenters. The van der Waals surface area contributed by atoms with Gasteiger partial charge >= 0.3 is 0 Å². The second-order valence-corrected chi connectivity index (χ2v) is 4.03. The number of hydrogen-bond acceptors (Lipinski definition) is 3. The normalized spacial score (nSPS) is 25.0. The molecule has 2 atom stereocenters. The minimum Gasteiger partial charge on any atom is -0.377 e. The number of rotatable bonds is 3. The largest absolute Gasteiger partial charge is 0.377 e. The summed E-state index contributed by atoms with van der Waals surface area (Å²) < 4.78 is 7.20. The average molecular weight is 244 g/mol. The molecule has 2 heterocycles. The summed E-state index contributed by atoms with van der Waals surface area (Å²) >= 11 is 5.54. The number of halogens is 1. The Labute approximate surface area is 98.9 Å². The highest BCUT2D eigenvalue weighted by Crippen LogP contribution is 2.23. The number of amides is 1. The quantitative estimate of drug-likeness (QED) is 0.728. The molecule has 1 aliphatic rings. The Bertz CT molecular complexity index is 355. The van der Waals surface area contributed by atoms with Gasteiger partial charge < -0.3 is 9.64 Å². The predicted octanol–water partition coefficient (Wildman–Crippen LogP) is 0.520. The fourth-order valence-corrected chi connectivity index (χ4v) is 2.18. The van der Waals surface area contributed by atoms with E-state index in [2.05, 4.69) is 5.10 Å². The maximum atomic E-state index is 11.5. The van der Waals surface area contributed by atoms with Crippen LogP contribution in [0.5, 0.6) is 0 Å². The summed E-state index contributed by atoms with van der Waals surface area (Å²) in [7, 11) is 1.65. The van der Waals surface area contributed by atoms with Crippen LogP contribution in [0.3, 0.4) is 0 Å². The number of ether oxygens (including phenoxy) is 1. The van der Waals surface area contributed by atoms with Gasteiger partial charge in [0.05, 0.1) is 12.1 Å². The molecular formula is C10H14ClN3O2. The Kier molecular flexibility index (Phi) is 3.46. The van der Waals surface area contributed by atoms with Crippen molar-refractivity contribution in [3.63, 3.8) is 0 Å². The third-order valence-electron chi connectivity index (χ3n) is 2.87. The van der Waals surface area contributed by atoms with Crippen molar-refractivity contribution in [3.05, 3.63) is 18.5 Å². The van der Waals surface area contributed by atoms with Crippen LogP contribution in [0.2, 0.25) is 0 Å². The lowest BCUT2D eigenvalue weighted by atomic mass is 10.2. The van der Waals surface area contributed by atoms with Crippen molar-refractivity contribution in [1.29, 1.82) is 0 Å². The number of alkyl halides is 1. The lowest BCUT2D eigenvalue weighted by Gasteiger charge is -2.16. The van der Waals surface area contributed by atoms with Crippen molar-refractivity contribution < 1.29 is 9.53 Å². The molecular weight excluding hydrogens is 230 g/mol. The predicted molar refractivity (Wildman–Crippen MR) is 59.4 cm³/mol. The van der Waals surface area contributed by atoms with Crippen molar-refractivity contribution in [2.24, 2.45) is 0 Å². The summed E-state index contributed by atoms with van der Waals surface area (Å²) in [5.41, 5.74) is 0. The van der Waals surface area contributed by atoms with E-state index in [1.54, 1.807) is 18.2 Å². The summed E-state index contributed by atoms with van der Waals surface area (Å²) in [5.74, 6) is -0.0409. The molecule has 1 aliphatic heterocycles. The van der Waals surface area contributed by atoms with Gasteiger partial charge in [-0.05, 0) is 6.07 Å². The maximum Gasteiger partial charge on any atom is 0.237 e. The van der Waals surface area contributed by atoms with Crippen molar-refractivity contribution in [1.82, 2.24) is 14.7 Å². The molecule has 1 aromatic rings. The number of hydrogen-bond donors (Lipinski definition) is 0.